The molecule has 5 rings (SSSR count). The molecule has 0 amide bonds. The molecule has 0 saturated heterocycles. The van der Waals surface area contributed by atoms with Crippen LogP contribution < -0.4 is 5.43 Å². The Hall–Kier alpha value is -2.70. The highest BCUT2D eigenvalue weighted by Gasteiger charge is 2.34. The van der Waals surface area contributed by atoms with Gasteiger partial charge in [0.05, 0.1) is 5.69 Å². The predicted molar refractivity (Wildman–Crippen MR) is 124 cm³/mol. The first-order valence-corrected chi connectivity index (χ1v) is 11.6. The second-order valence-electron chi connectivity index (χ2n) is 8.86. The Labute approximate surface area is 182 Å². The molecule has 30 heavy (non-hydrogen) atoms. The van der Waals surface area contributed by atoms with Gasteiger partial charge in [-0.25, -0.2) is 4.79 Å². The van der Waals surface area contributed by atoms with Crippen LogP contribution in [0.5, 0.6) is 0 Å². The van der Waals surface area contributed by atoms with Crippen LogP contribution in [0.3, 0.4) is 0 Å². The quantitative estimate of drug-likeness (QED) is 0.402. The highest BCUT2D eigenvalue weighted by Crippen LogP contribution is 2.48. The van der Waals surface area contributed by atoms with E-state index in [9.17, 15) is 14.7 Å². The topological polar surface area (TPSA) is 59.3 Å². The number of carbonyl (C=O) groups is 1. The van der Waals surface area contributed by atoms with Crippen molar-refractivity contribution < 1.29 is 9.90 Å². The molecular weight excluding hydrogens is 414 g/mol. The number of fused-ring (bicyclic) bond motifs is 5. The monoisotopic (exact) mass is 435 g/mol. The third-order valence-corrected chi connectivity index (χ3v) is 7.63. The second kappa shape index (κ2) is 6.65. The fourth-order valence-electron chi connectivity index (χ4n) is 4.48. The Morgan fingerprint density at radius 2 is 1.97 bits per heavy atom. The third kappa shape index (κ3) is 2.86. The predicted octanol–water partition coefficient (Wildman–Crippen LogP) is 6.30. The smallest absolute Gasteiger partial charge is 0.341 e. The Bertz CT molecular complexity index is 1350. The number of hydrogen-bond donors (Lipinski definition) is 1. The molecule has 6 heteroatoms. The molecule has 0 radical (unpaired) electrons. The Balaban J connectivity index is 1.88. The lowest BCUT2D eigenvalue weighted by atomic mass is 9.77. The summed E-state index contributed by atoms with van der Waals surface area (Å²) >= 11 is 3.41. The van der Waals surface area contributed by atoms with Crippen molar-refractivity contribution in [3.05, 3.63) is 68.0 Å². The molecule has 0 saturated carbocycles. The van der Waals surface area contributed by atoms with Crippen molar-refractivity contribution in [3.8, 4) is 22.4 Å². The molecule has 3 aromatic heterocycles. The van der Waals surface area contributed by atoms with Gasteiger partial charge in [0.1, 0.15) is 5.56 Å². The highest BCUT2D eigenvalue weighted by atomic mass is 32.1. The van der Waals surface area contributed by atoms with E-state index in [1.54, 1.807) is 28.9 Å². The minimum atomic E-state index is -1.18. The molecule has 0 spiro atoms. The van der Waals surface area contributed by atoms with Gasteiger partial charge in [0.15, 0.2) is 5.43 Å². The summed E-state index contributed by atoms with van der Waals surface area (Å²) in [6.45, 7) is 6.49. The molecular formula is C24H21NO3S2. The third-order valence-electron chi connectivity index (χ3n) is 6.00. The van der Waals surface area contributed by atoms with Crippen molar-refractivity contribution in [2.75, 3.05) is 0 Å². The maximum Gasteiger partial charge on any atom is 0.341 e. The van der Waals surface area contributed by atoms with Crippen LogP contribution in [0.25, 0.3) is 32.5 Å². The normalized spacial score (nSPS) is 15.8. The summed E-state index contributed by atoms with van der Waals surface area (Å²) in [6, 6.07) is 8.03. The zero-order chi connectivity index (χ0) is 21.2. The molecule has 4 heterocycles. The number of carboxylic acids is 1. The Morgan fingerprint density at radius 1 is 1.17 bits per heavy atom. The van der Waals surface area contributed by atoms with Crippen molar-refractivity contribution in [1.29, 1.82) is 0 Å². The minimum absolute atomic E-state index is 0.0498. The van der Waals surface area contributed by atoms with Crippen LogP contribution in [-0.2, 0) is 6.42 Å². The lowest BCUT2D eigenvalue weighted by Gasteiger charge is -2.39. The van der Waals surface area contributed by atoms with Crippen LogP contribution in [0.15, 0.2) is 51.4 Å². The van der Waals surface area contributed by atoms with E-state index in [4.69, 9.17) is 0 Å². The number of nitrogens with zero attached hydrogens (tertiary/aromatic N) is 1. The van der Waals surface area contributed by atoms with Crippen LogP contribution in [0.1, 0.15) is 42.7 Å². The van der Waals surface area contributed by atoms with Crippen molar-refractivity contribution in [2.24, 2.45) is 5.41 Å². The number of benzene rings is 1. The summed E-state index contributed by atoms with van der Waals surface area (Å²) in [7, 11) is 0. The van der Waals surface area contributed by atoms with Gasteiger partial charge >= 0.3 is 5.97 Å². The Morgan fingerprint density at radius 3 is 2.63 bits per heavy atom. The maximum atomic E-state index is 12.6. The van der Waals surface area contributed by atoms with Gasteiger partial charge < -0.3 is 9.67 Å². The first kappa shape index (κ1) is 19.3. The average Bonchev–Trinajstić information content (AvgIpc) is 3.37. The molecule has 0 unspecified atom stereocenters. The van der Waals surface area contributed by atoms with Gasteiger partial charge in [0.2, 0.25) is 0 Å². The molecule has 0 aliphatic carbocycles. The van der Waals surface area contributed by atoms with E-state index in [0.717, 1.165) is 23.2 Å². The summed E-state index contributed by atoms with van der Waals surface area (Å²) in [5.74, 6) is -1.18. The summed E-state index contributed by atoms with van der Waals surface area (Å²) in [4.78, 5) is 24.3. The number of aromatic carboxylic acids is 1. The van der Waals surface area contributed by atoms with Crippen LogP contribution in [-0.4, -0.2) is 15.6 Å². The zero-order valence-electron chi connectivity index (χ0n) is 16.9. The Kier molecular flexibility index (Phi) is 4.27. The summed E-state index contributed by atoms with van der Waals surface area (Å²) < 4.78 is 3.28. The molecule has 1 N–H and O–H groups in total. The van der Waals surface area contributed by atoms with Crippen LogP contribution in [0.2, 0.25) is 0 Å². The molecule has 4 nitrogen and oxygen atoms in total. The van der Waals surface area contributed by atoms with E-state index < -0.39 is 11.4 Å². The largest absolute Gasteiger partial charge is 0.477 e. The first-order valence-electron chi connectivity index (χ1n) is 9.81. The molecule has 152 valence electrons. The zero-order valence-corrected chi connectivity index (χ0v) is 18.6. The van der Waals surface area contributed by atoms with E-state index in [1.165, 1.54) is 27.3 Å². The van der Waals surface area contributed by atoms with Gasteiger partial charge in [0, 0.05) is 34.1 Å². The number of hydrogen-bond acceptors (Lipinski definition) is 4. The number of pyridine rings is 1. The molecule has 0 bridgehead atoms. The van der Waals surface area contributed by atoms with Crippen molar-refractivity contribution >= 4 is 38.7 Å². The SMILES string of the molecule is CC(C)(C)[C@@H]1Cc2c(cc(-c3ccsc3)c3sccc23)-c2cc(=O)c(C(=O)O)cn21. The average molecular weight is 436 g/mol. The first-order chi connectivity index (χ1) is 14.3. The standard InChI is InChI=1S/C24H21NO3S2/c1-24(2,3)21-9-16-14-5-7-30-22(14)15(13-4-6-29-12-13)8-17(16)19-10-20(26)18(23(27)28)11-25(19)21/h4-8,10-12,21H,9H2,1-3H3,(H,27,28)/t21-/m0/s1. The summed E-state index contributed by atoms with van der Waals surface area (Å²) in [5, 5.41) is 17.1. The lowest BCUT2D eigenvalue weighted by Crippen LogP contribution is -2.32. The molecule has 1 aromatic carbocycles. The molecule has 4 aromatic rings. The van der Waals surface area contributed by atoms with Gasteiger partial charge in [-0.05, 0) is 62.7 Å². The van der Waals surface area contributed by atoms with Gasteiger partial charge in [-0.15, -0.1) is 11.3 Å². The van der Waals surface area contributed by atoms with Crippen molar-refractivity contribution in [3.63, 3.8) is 0 Å². The highest BCUT2D eigenvalue weighted by molar-refractivity contribution is 7.18. The fraction of sp³-hybridized carbons (Fsp3) is 0.250. The number of carboxylic acid groups (broad SMARTS) is 1. The molecule has 0 fully saturated rings. The van der Waals surface area contributed by atoms with E-state index in [0.29, 0.717) is 0 Å². The van der Waals surface area contributed by atoms with Crippen LogP contribution in [0.4, 0.5) is 0 Å². The fourth-order valence-corrected chi connectivity index (χ4v) is 6.10. The van der Waals surface area contributed by atoms with E-state index in [-0.39, 0.29) is 17.0 Å². The van der Waals surface area contributed by atoms with Crippen LogP contribution in [0, 0.1) is 5.41 Å². The molecule has 1 atom stereocenters. The van der Waals surface area contributed by atoms with Crippen LogP contribution >= 0.6 is 22.7 Å². The molecule has 1 aliphatic rings. The number of thiophene rings is 2. The lowest BCUT2D eigenvalue weighted by molar-refractivity contribution is 0.0693. The van der Waals surface area contributed by atoms with E-state index in [1.807, 2.05) is 4.57 Å². The van der Waals surface area contributed by atoms with Gasteiger partial charge in [0.25, 0.3) is 0 Å². The molecule has 1 aliphatic heterocycles. The summed E-state index contributed by atoms with van der Waals surface area (Å²) in [5.41, 5.74) is 4.67. The van der Waals surface area contributed by atoms with Gasteiger partial charge in [-0.1, -0.05) is 20.8 Å². The van der Waals surface area contributed by atoms with Gasteiger partial charge in [-0.3, -0.25) is 4.79 Å². The number of aromatic nitrogens is 1. The number of rotatable bonds is 2. The van der Waals surface area contributed by atoms with E-state index in [2.05, 4.69) is 55.1 Å². The van der Waals surface area contributed by atoms with Crippen molar-refractivity contribution in [1.82, 2.24) is 4.57 Å². The second-order valence-corrected chi connectivity index (χ2v) is 10.6. The minimum Gasteiger partial charge on any atom is -0.477 e. The summed E-state index contributed by atoms with van der Waals surface area (Å²) in [6.07, 6.45) is 2.34. The maximum absolute atomic E-state index is 12.6. The van der Waals surface area contributed by atoms with E-state index >= 15 is 0 Å². The van der Waals surface area contributed by atoms with Gasteiger partial charge in [-0.2, -0.15) is 11.3 Å². The van der Waals surface area contributed by atoms with Crippen molar-refractivity contribution in [2.45, 2.75) is 33.2 Å².